The van der Waals surface area contributed by atoms with Crippen LogP contribution in [0.25, 0.3) is 10.8 Å². The summed E-state index contributed by atoms with van der Waals surface area (Å²) in [6, 6.07) is 28.8. The molecular formula is C46H32Cl6N4O12. The highest BCUT2D eigenvalue weighted by Gasteiger charge is 2.19. The predicted molar refractivity (Wildman–Crippen MR) is 251 cm³/mol. The number of hydrogen-bond acceptors (Lipinski definition) is 16. The molecule has 0 N–H and O–H groups in total. The number of benzene rings is 5. The first-order chi connectivity index (χ1) is 32.6. The standard InChI is InChI=1S/C25H17Cl3N2O6.C21H15Cl3N2O6/c1-14-6-8-20(18(27)10-14)33-12-22(31)35-24-16-4-2-3-5-17(16)25(30-29-24)36-23(32)13-34-21-9-7-15(26)11-19(21)28;1-12-2-4-16(14(23)8-12)29-10-20(27)31-18-6-7-19(26-25-18)32-21(28)11-30-17-5-3-13(22)9-15(17)24/h2-11H,12-13H2,1H3;2-9H,10-11H2,1H3. The van der Waals surface area contributed by atoms with E-state index in [1.54, 1.807) is 72.8 Å². The Kier molecular flexibility index (Phi) is 18.2. The lowest BCUT2D eigenvalue weighted by Crippen LogP contribution is -2.20. The number of aryl methyl sites for hydroxylation is 2. The zero-order valence-corrected chi connectivity index (χ0v) is 39.7. The van der Waals surface area contributed by atoms with Crippen LogP contribution in [0, 0.1) is 13.8 Å². The van der Waals surface area contributed by atoms with Crippen LogP contribution in [-0.4, -0.2) is 70.7 Å². The van der Waals surface area contributed by atoms with E-state index >= 15 is 0 Å². The van der Waals surface area contributed by atoms with E-state index in [9.17, 15) is 19.2 Å². The van der Waals surface area contributed by atoms with Crippen molar-refractivity contribution in [2.45, 2.75) is 13.8 Å². The van der Waals surface area contributed by atoms with Gasteiger partial charge in [-0.1, -0.05) is 93.9 Å². The van der Waals surface area contributed by atoms with Crippen LogP contribution in [0.4, 0.5) is 0 Å². The number of aromatic nitrogens is 4. The lowest BCUT2D eigenvalue weighted by Gasteiger charge is -2.11. The van der Waals surface area contributed by atoms with Gasteiger partial charge in [0.25, 0.3) is 0 Å². The molecule has 5 aromatic carbocycles. The lowest BCUT2D eigenvalue weighted by molar-refractivity contribution is -0.138. The van der Waals surface area contributed by atoms with Gasteiger partial charge >= 0.3 is 23.9 Å². The van der Waals surface area contributed by atoms with Crippen LogP contribution >= 0.6 is 69.6 Å². The molecule has 0 spiro atoms. The highest BCUT2D eigenvalue weighted by atomic mass is 35.5. The van der Waals surface area contributed by atoms with Crippen LogP contribution in [0.2, 0.25) is 30.1 Å². The molecule has 2 aromatic heterocycles. The van der Waals surface area contributed by atoms with E-state index in [-0.39, 0.29) is 51.7 Å². The Bertz CT molecular complexity index is 2770. The summed E-state index contributed by atoms with van der Waals surface area (Å²) in [5.74, 6) is -2.03. The maximum absolute atomic E-state index is 12.4. The Morgan fingerprint density at radius 1 is 0.397 bits per heavy atom. The number of nitrogens with zero attached hydrogens (tertiary/aromatic N) is 4. The minimum atomic E-state index is -0.742. The number of carbonyl (C=O) groups is 4. The lowest BCUT2D eigenvalue weighted by atomic mass is 10.2. The van der Waals surface area contributed by atoms with Gasteiger partial charge in [0.15, 0.2) is 26.4 Å². The number of hydrogen-bond donors (Lipinski definition) is 0. The first-order valence-corrected chi connectivity index (χ1v) is 21.7. The third-order valence-corrected chi connectivity index (χ3v) is 10.1. The average molecular weight is 1050 g/mol. The number of halogens is 6. The molecule has 0 aliphatic heterocycles. The molecule has 16 nitrogen and oxygen atoms in total. The summed E-state index contributed by atoms with van der Waals surface area (Å²) in [5, 5.41) is 18.1. The predicted octanol–water partition coefficient (Wildman–Crippen LogP) is 10.6. The van der Waals surface area contributed by atoms with Gasteiger partial charge < -0.3 is 37.9 Å². The number of rotatable bonds is 16. The average Bonchev–Trinajstić information content (AvgIpc) is 3.29. The number of fused-ring (bicyclic) bond motifs is 1. The van der Waals surface area contributed by atoms with Crippen molar-refractivity contribution in [2.75, 3.05) is 26.4 Å². The second kappa shape index (κ2) is 24.4. The highest BCUT2D eigenvalue weighted by molar-refractivity contribution is 6.36. The maximum Gasteiger partial charge on any atom is 0.350 e. The minimum absolute atomic E-state index is 0.0711. The van der Waals surface area contributed by atoms with Crippen molar-refractivity contribution in [3.05, 3.63) is 150 Å². The first kappa shape index (κ1) is 50.7. The van der Waals surface area contributed by atoms with E-state index in [2.05, 4.69) is 20.4 Å². The summed E-state index contributed by atoms with van der Waals surface area (Å²) >= 11 is 35.8. The monoisotopic (exact) mass is 1040 g/mol. The van der Waals surface area contributed by atoms with E-state index in [0.717, 1.165) is 11.1 Å². The first-order valence-electron chi connectivity index (χ1n) is 19.5. The Morgan fingerprint density at radius 2 is 0.721 bits per heavy atom. The van der Waals surface area contributed by atoms with Crippen molar-refractivity contribution in [1.82, 2.24) is 20.4 Å². The Morgan fingerprint density at radius 3 is 1.04 bits per heavy atom. The van der Waals surface area contributed by atoms with Crippen molar-refractivity contribution < 1.29 is 57.1 Å². The molecule has 0 amide bonds. The minimum Gasteiger partial charge on any atom is -0.480 e. The molecule has 0 atom stereocenters. The molecular weight excluding hydrogens is 1010 g/mol. The summed E-state index contributed by atoms with van der Waals surface area (Å²) in [6.07, 6.45) is 0. The van der Waals surface area contributed by atoms with Crippen molar-refractivity contribution in [1.29, 1.82) is 0 Å². The number of esters is 4. The molecule has 0 radical (unpaired) electrons. The second-order valence-corrected chi connectivity index (χ2v) is 16.1. The van der Waals surface area contributed by atoms with Gasteiger partial charge in [0.2, 0.25) is 23.5 Å². The SMILES string of the molecule is Cc1ccc(OCC(=O)Oc2ccc(OC(=O)COc3ccc(Cl)cc3Cl)nn2)c(Cl)c1.Cc1ccc(OCC(=O)Oc2nnc(OC(=O)COc3ccc(Cl)cc3Cl)c3ccccc23)c(Cl)c1. The van der Waals surface area contributed by atoms with E-state index < -0.39 is 43.7 Å². The Labute approximate surface area is 416 Å². The topological polar surface area (TPSA) is 194 Å². The van der Waals surface area contributed by atoms with E-state index in [1.807, 2.05) is 13.8 Å². The molecule has 7 rings (SSSR count). The van der Waals surface area contributed by atoms with Crippen LogP contribution in [0.1, 0.15) is 11.1 Å². The fourth-order valence-electron chi connectivity index (χ4n) is 5.37. The fraction of sp³-hybridized carbons (Fsp3) is 0.130. The van der Waals surface area contributed by atoms with Crippen molar-refractivity contribution >= 4 is 104 Å². The van der Waals surface area contributed by atoms with Gasteiger partial charge in [0, 0.05) is 22.2 Å². The number of carbonyl (C=O) groups excluding carboxylic acids is 4. The van der Waals surface area contributed by atoms with Crippen molar-refractivity contribution in [3.8, 4) is 46.5 Å². The Hall–Kier alpha value is -6.66. The van der Waals surface area contributed by atoms with Gasteiger partial charge in [-0.25, -0.2) is 19.2 Å². The van der Waals surface area contributed by atoms with Crippen LogP contribution in [0.15, 0.2) is 109 Å². The molecule has 7 aromatic rings. The molecule has 0 unspecified atom stereocenters. The van der Waals surface area contributed by atoms with E-state index in [1.165, 1.54) is 36.4 Å². The molecule has 2 heterocycles. The zero-order chi connectivity index (χ0) is 48.7. The molecule has 0 aliphatic rings. The van der Waals surface area contributed by atoms with Gasteiger partial charge in [-0.3, -0.25) is 0 Å². The van der Waals surface area contributed by atoms with Crippen LogP contribution < -0.4 is 37.9 Å². The van der Waals surface area contributed by atoms with Gasteiger partial charge in [0.1, 0.15) is 23.0 Å². The summed E-state index contributed by atoms with van der Waals surface area (Å²) in [7, 11) is 0. The summed E-state index contributed by atoms with van der Waals surface area (Å²) in [6.45, 7) is 2.13. The molecule has 0 bridgehead atoms. The van der Waals surface area contributed by atoms with E-state index in [0.29, 0.717) is 42.4 Å². The van der Waals surface area contributed by atoms with Crippen LogP contribution in [0.5, 0.6) is 46.5 Å². The second-order valence-electron chi connectivity index (χ2n) is 13.6. The molecule has 68 heavy (non-hydrogen) atoms. The third kappa shape index (κ3) is 15.2. The molecule has 22 heteroatoms. The van der Waals surface area contributed by atoms with Crippen LogP contribution in [-0.2, 0) is 19.2 Å². The fourth-order valence-corrected chi connectivity index (χ4v) is 6.87. The maximum atomic E-state index is 12.4. The Balaban J connectivity index is 0.000000226. The molecule has 350 valence electrons. The summed E-state index contributed by atoms with van der Waals surface area (Å²) in [4.78, 5) is 48.5. The molecule has 0 saturated carbocycles. The highest BCUT2D eigenvalue weighted by Crippen LogP contribution is 2.32. The third-order valence-electron chi connectivity index (χ3n) is 8.44. The van der Waals surface area contributed by atoms with Crippen molar-refractivity contribution in [3.63, 3.8) is 0 Å². The van der Waals surface area contributed by atoms with E-state index in [4.69, 9.17) is 108 Å². The zero-order valence-electron chi connectivity index (χ0n) is 35.2. The quantitative estimate of drug-likeness (QED) is 0.0829. The smallest absolute Gasteiger partial charge is 0.350 e. The molecule has 0 saturated heterocycles. The van der Waals surface area contributed by atoms with Gasteiger partial charge in [-0.05, 0) is 97.8 Å². The van der Waals surface area contributed by atoms with Gasteiger partial charge in [0.05, 0.1) is 30.9 Å². The normalized spacial score (nSPS) is 10.5. The number of ether oxygens (including phenoxy) is 8. The van der Waals surface area contributed by atoms with Gasteiger partial charge in [-0.15, -0.1) is 20.4 Å². The van der Waals surface area contributed by atoms with Crippen LogP contribution in [0.3, 0.4) is 0 Å². The molecule has 0 aliphatic carbocycles. The van der Waals surface area contributed by atoms with Crippen molar-refractivity contribution in [2.24, 2.45) is 0 Å². The largest absolute Gasteiger partial charge is 0.480 e. The summed E-state index contributed by atoms with van der Waals surface area (Å²) in [5.41, 5.74) is 1.92. The van der Waals surface area contributed by atoms with Gasteiger partial charge in [-0.2, -0.15) is 0 Å². The molecule has 0 fully saturated rings. The summed E-state index contributed by atoms with van der Waals surface area (Å²) < 4.78 is 42.1.